The van der Waals surface area contributed by atoms with Crippen molar-refractivity contribution in [2.45, 2.75) is 26.5 Å². The van der Waals surface area contributed by atoms with E-state index < -0.39 is 11.8 Å². The first-order valence-electron chi connectivity index (χ1n) is 10.1. The molecule has 166 valence electrons. The molecule has 1 aliphatic rings. The lowest BCUT2D eigenvalue weighted by Crippen LogP contribution is -2.26. The molecule has 0 spiro atoms. The summed E-state index contributed by atoms with van der Waals surface area (Å²) >= 11 is 0. The SMILES string of the molecule is Cc1ccc2c(c1)[C@@H](C)Oc1nc(cnc1N)-c1c(nn(C)c1C#N)Cn1c(=O)nc(N)n1-2. The average Bonchev–Trinajstić information content (AvgIpc) is 3.23. The molecule has 0 unspecified atom stereocenters. The topological polar surface area (TPSA) is 168 Å². The lowest BCUT2D eigenvalue weighted by atomic mass is 10.0. The van der Waals surface area contributed by atoms with E-state index in [2.05, 4.69) is 26.1 Å². The minimum absolute atomic E-state index is 0.00215. The molecular weight excluding hydrogens is 424 g/mol. The Balaban J connectivity index is 1.89. The molecule has 2 bridgehead atoms. The van der Waals surface area contributed by atoms with Crippen LogP contribution in [-0.2, 0) is 13.6 Å². The number of aromatic nitrogens is 7. The predicted molar refractivity (Wildman–Crippen MR) is 118 cm³/mol. The van der Waals surface area contributed by atoms with Gasteiger partial charge in [-0.3, -0.25) is 4.68 Å². The summed E-state index contributed by atoms with van der Waals surface area (Å²) in [5.41, 5.74) is 15.5. The fourth-order valence-corrected chi connectivity index (χ4v) is 4.05. The van der Waals surface area contributed by atoms with Crippen molar-refractivity contribution in [2.75, 3.05) is 11.5 Å². The normalized spacial score (nSPS) is 14.7. The zero-order chi connectivity index (χ0) is 23.4. The Hall–Kier alpha value is -4.66. The molecule has 5 rings (SSSR count). The molecular formula is C21H20N10O2. The largest absolute Gasteiger partial charge is 0.467 e. The predicted octanol–water partition coefficient (Wildman–Crippen LogP) is 1.07. The van der Waals surface area contributed by atoms with Crippen LogP contribution in [0.2, 0.25) is 0 Å². The number of nitriles is 1. The Morgan fingerprint density at radius 1 is 1.27 bits per heavy atom. The van der Waals surface area contributed by atoms with Crippen molar-refractivity contribution >= 4 is 11.8 Å². The zero-order valence-electron chi connectivity index (χ0n) is 18.1. The van der Waals surface area contributed by atoms with Crippen molar-refractivity contribution in [3.8, 4) is 28.9 Å². The van der Waals surface area contributed by atoms with Gasteiger partial charge in [0.1, 0.15) is 17.9 Å². The van der Waals surface area contributed by atoms with Gasteiger partial charge in [0.25, 0.3) is 5.88 Å². The van der Waals surface area contributed by atoms with Crippen molar-refractivity contribution in [2.24, 2.45) is 7.05 Å². The van der Waals surface area contributed by atoms with Crippen molar-refractivity contribution in [1.29, 1.82) is 5.26 Å². The first-order valence-corrected chi connectivity index (χ1v) is 10.1. The summed E-state index contributed by atoms with van der Waals surface area (Å²) < 4.78 is 10.5. The number of fused-ring (bicyclic) bond motifs is 7. The molecule has 0 saturated carbocycles. The molecule has 1 atom stereocenters. The number of nitrogens with two attached hydrogens (primary N) is 2. The monoisotopic (exact) mass is 444 g/mol. The van der Waals surface area contributed by atoms with E-state index in [0.29, 0.717) is 22.6 Å². The molecule has 33 heavy (non-hydrogen) atoms. The molecule has 0 saturated heterocycles. The Bertz CT molecular complexity index is 1520. The molecule has 1 aliphatic heterocycles. The quantitative estimate of drug-likeness (QED) is 0.403. The number of aryl methyl sites for hydroxylation is 2. The van der Waals surface area contributed by atoms with Crippen LogP contribution < -0.4 is 21.9 Å². The lowest BCUT2D eigenvalue weighted by Gasteiger charge is -2.22. The summed E-state index contributed by atoms with van der Waals surface area (Å²) in [7, 11) is 1.64. The van der Waals surface area contributed by atoms with E-state index in [9.17, 15) is 10.1 Å². The minimum Gasteiger partial charge on any atom is -0.467 e. The molecule has 1 aromatic carbocycles. The van der Waals surface area contributed by atoms with E-state index >= 15 is 0 Å². The van der Waals surface area contributed by atoms with E-state index in [1.807, 2.05) is 32.0 Å². The Kier molecular flexibility index (Phi) is 4.42. The molecule has 3 aromatic heterocycles. The molecule has 0 amide bonds. The van der Waals surface area contributed by atoms with Gasteiger partial charge in [-0.2, -0.15) is 15.3 Å². The second-order valence-electron chi connectivity index (χ2n) is 7.80. The third kappa shape index (κ3) is 3.09. The van der Waals surface area contributed by atoms with Crippen LogP contribution in [0, 0.1) is 18.3 Å². The van der Waals surface area contributed by atoms with Crippen molar-refractivity contribution in [3.05, 3.63) is 57.4 Å². The molecule has 0 fully saturated rings. The summed E-state index contributed by atoms with van der Waals surface area (Å²) in [5.74, 6) is 0.257. The molecule has 4 N–H and O–H groups in total. The van der Waals surface area contributed by atoms with Crippen LogP contribution >= 0.6 is 0 Å². The van der Waals surface area contributed by atoms with E-state index in [-0.39, 0.29) is 29.9 Å². The fraction of sp³-hybridized carbons (Fsp3) is 0.238. The average molecular weight is 444 g/mol. The maximum Gasteiger partial charge on any atom is 0.366 e. The highest BCUT2D eigenvalue weighted by Crippen LogP contribution is 2.33. The second kappa shape index (κ2) is 7.20. The van der Waals surface area contributed by atoms with E-state index in [1.54, 1.807) is 7.05 Å². The van der Waals surface area contributed by atoms with Gasteiger partial charge in [0.05, 0.1) is 35.4 Å². The number of hydrogen-bond acceptors (Lipinski definition) is 9. The number of nitrogen functional groups attached to an aromatic ring is 2. The second-order valence-corrected chi connectivity index (χ2v) is 7.80. The lowest BCUT2D eigenvalue weighted by molar-refractivity contribution is 0.217. The third-order valence-electron chi connectivity index (χ3n) is 5.58. The minimum atomic E-state index is -0.552. The number of rotatable bonds is 0. The summed E-state index contributed by atoms with van der Waals surface area (Å²) in [5, 5.41) is 14.2. The van der Waals surface area contributed by atoms with Gasteiger partial charge in [-0.25, -0.2) is 24.1 Å². The van der Waals surface area contributed by atoms with Crippen LogP contribution in [0.15, 0.2) is 29.2 Å². The summed E-state index contributed by atoms with van der Waals surface area (Å²) in [6.07, 6.45) is 0.923. The molecule has 12 heteroatoms. The fourth-order valence-electron chi connectivity index (χ4n) is 4.05. The maximum absolute atomic E-state index is 12.8. The van der Waals surface area contributed by atoms with Gasteiger partial charge >= 0.3 is 5.69 Å². The van der Waals surface area contributed by atoms with Crippen molar-refractivity contribution in [1.82, 2.24) is 34.1 Å². The van der Waals surface area contributed by atoms with Gasteiger partial charge < -0.3 is 16.2 Å². The van der Waals surface area contributed by atoms with Gasteiger partial charge in [-0.1, -0.05) is 17.7 Å². The van der Waals surface area contributed by atoms with E-state index in [4.69, 9.17) is 16.2 Å². The molecule has 4 aromatic rings. The van der Waals surface area contributed by atoms with Crippen LogP contribution in [0.25, 0.3) is 16.9 Å². The zero-order valence-corrected chi connectivity index (χ0v) is 18.1. The maximum atomic E-state index is 12.8. The third-order valence-corrected chi connectivity index (χ3v) is 5.58. The van der Waals surface area contributed by atoms with E-state index in [1.165, 1.54) is 20.2 Å². The Labute approximate surface area is 187 Å². The summed E-state index contributed by atoms with van der Waals surface area (Å²) in [6.45, 7) is 3.79. The summed E-state index contributed by atoms with van der Waals surface area (Å²) in [4.78, 5) is 25.6. The standard InChI is InChI=1S/C21H20N10O2/c1-10-4-5-15-12(6-10)11(2)33-19-18(23)25-8-13(26-19)17-14(28-29(3)16(17)7-22)9-30-21(32)27-20(24)31(15)30/h4-6,8,11H,9H2,1-3H3,(H2,23,25)(H2,24,27,32)/t11-/m1/s1. The molecule has 12 nitrogen and oxygen atoms in total. The molecule has 0 radical (unpaired) electrons. The van der Waals surface area contributed by atoms with Crippen LogP contribution in [0.3, 0.4) is 0 Å². The van der Waals surface area contributed by atoms with Crippen LogP contribution in [0.1, 0.15) is 35.5 Å². The first-order chi connectivity index (χ1) is 15.8. The number of anilines is 2. The Morgan fingerprint density at radius 2 is 2.06 bits per heavy atom. The molecule has 0 aliphatic carbocycles. The highest BCUT2D eigenvalue weighted by Gasteiger charge is 2.26. The number of hydrogen-bond donors (Lipinski definition) is 2. The number of benzene rings is 1. The Morgan fingerprint density at radius 3 is 2.82 bits per heavy atom. The highest BCUT2D eigenvalue weighted by atomic mass is 16.5. The van der Waals surface area contributed by atoms with Crippen molar-refractivity contribution in [3.63, 3.8) is 0 Å². The van der Waals surface area contributed by atoms with E-state index in [0.717, 1.165) is 11.1 Å². The van der Waals surface area contributed by atoms with Crippen LogP contribution in [0.5, 0.6) is 5.88 Å². The molecule has 4 heterocycles. The van der Waals surface area contributed by atoms with Gasteiger partial charge in [0, 0.05) is 12.6 Å². The van der Waals surface area contributed by atoms with Gasteiger partial charge in [0.15, 0.2) is 5.82 Å². The smallest absolute Gasteiger partial charge is 0.366 e. The number of nitrogens with zero attached hydrogens (tertiary/aromatic N) is 8. The van der Waals surface area contributed by atoms with Crippen molar-refractivity contribution < 1.29 is 4.74 Å². The van der Waals surface area contributed by atoms with Crippen LogP contribution in [0.4, 0.5) is 11.8 Å². The van der Waals surface area contributed by atoms with Gasteiger partial charge in [0.2, 0.25) is 5.95 Å². The van der Waals surface area contributed by atoms with Crippen LogP contribution in [-0.4, -0.2) is 34.1 Å². The summed E-state index contributed by atoms with van der Waals surface area (Å²) in [6, 6.07) is 7.82. The first kappa shape index (κ1) is 20.3. The highest BCUT2D eigenvalue weighted by molar-refractivity contribution is 5.69. The van der Waals surface area contributed by atoms with Gasteiger partial charge in [-0.05, 0) is 19.9 Å². The van der Waals surface area contributed by atoms with Gasteiger partial charge in [-0.15, -0.1) is 0 Å². The number of ether oxygens (including phenoxy) is 1.